The third kappa shape index (κ3) is 2.08. The van der Waals surface area contributed by atoms with Gasteiger partial charge in [0.25, 0.3) is 0 Å². The predicted molar refractivity (Wildman–Crippen MR) is 60.7 cm³/mol. The fourth-order valence-electron chi connectivity index (χ4n) is 1.35. The molecule has 0 unspecified atom stereocenters. The van der Waals surface area contributed by atoms with Crippen LogP contribution in [0.4, 0.5) is 0 Å². The maximum atomic E-state index is 9.76. The summed E-state index contributed by atoms with van der Waals surface area (Å²) < 4.78 is 0. The Morgan fingerprint density at radius 1 is 1.43 bits per heavy atom. The number of hydrogen-bond acceptors (Lipinski definition) is 2. The summed E-state index contributed by atoms with van der Waals surface area (Å²) in [6, 6.07) is 1.94. The average molecular weight is 212 g/mol. The van der Waals surface area contributed by atoms with Gasteiger partial charge in [-0.05, 0) is 25.0 Å². The average Bonchev–Trinajstić information content (AvgIpc) is 2.14. The van der Waals surface area contributed by atoms with Gasteiger partial charge in [-0.15, -0.1) is 0 Å². The van der Waals surface area contributed by atoms with Crippen LogP contribution in [0.15, 0.2) is 12.1 Å². The van der Waals surface area contributed by atoms with Crippen molar-refractivity contribution in [1.29, 1.82) is 0 Å². The van der Waals surface area contributed by atoms with E-state index in [1.54, 1.807) is 12.2 Å². The molecule has 0 aliphatic heterocycles. The Labute approximate surface area is 89.0 Å². The van der Waals surface area contributed by atoms with Crippen LogP contribution in [0.1, 0.15) is 16.7 Å². The third-order valence-electron chi connectivity index (χ3n) is 2.09. The minimum atomic E-state index is 0.133. The van der Waals surface area contributed by atoms with Crippen LogP contribution in [0.2, 0.25) is 5.02 Å². The number of aryl methyl sites for hydroxylation is 2. The van der Waals surface area contributed by atoms with E-state index in [0.717, 1.165) is 16.7 Å². The van der Waals surface area contributed by atoms with Gasteiger partial charge in [0.05, 0.1) is 5.02 Å². The molecular formula is C11H14ClNO. The van der Waals surface area contributed by atoms with Crippen molar-refractivity contribution in [3.8, 4) is 5.75 Å². The summed E-state index contributed by atoms with van der Waals surface area (Å²) in [6.45, 7) is 4.25. The van der Waals surface area contributed by atoms with Crippen LogP contribution >= 0.6 is 11.6 Å². The van der Waals surface area contributed by atoms with Crippen LogP contribution in [0, 0.1) is 13.8 Å². The Morgan fingerprint density at radius 2 is 2.07 bits per heavy atom. The Hall–Kier alpha value is -0.990. The molecule has 0 heterocycles. The van der Waals surface area contributed by atoms with E-state index < -0.39 is 0 Å². The zero-order valence-electron chi connectivity index (χ0n) is 8.34. The monoisotopic (exact) mass is 211 g/mol. The van der Waals surface area contributed by atoms with Crippen LogP contribution < -0.4 is 5.73 Å². The molecular weight excluding hydrogens is 198 g/mol. The molecule has 1 rings (SSSR count). The maximum absolute atomic E-state index is 9.76. The molecule has 0 saturated heterocycles. The summed E-state index contributed by atoms with van der Waals surface area (Å²) in [5.74, 6) is 0.133. The van der Waals surface area contributed by atoms with Gasteiger partial charge in [0.1, 0.15) is 5.75 Å². The lowest BCUT2D eigenvalue weighted by molar-refractivity contribution is 0.473. The van der Waals surface area contributed by atoms with Crippen LogP contribution in [-0.4, -0.2) is 11.7 Å². The smallest absolute Gasteiger partial charge is 0.141 e. The largest absolute Gasteiger partial charge is 0.506 e. The van der Waals surface area contributed by atoms with Crippen molar-refractivity contribution in [2.45, 2.75) is 13.8 Å². The van der Waals surface area contributed by atoms with Crippen LogP contribution in [-0.2, 0) is 0 Å². The van der Waals surface area contributed by atoms with Gasteiger partial charge in [-0.25, -0.2) is 0 Å². The quantitative estimate of drug-likeness (QED) is 0.790. The predicted octanol–water partition coefficient (Wildman–Crippen LogP) is 2.63. The number of halogens is 1. The topological polar surface area (TPSA) is 46.2 Å². The molecule has 0 saturated carbocycles. The molecule has 2 nitrogen and oxygen atoms in total. The SMILES string of the molecule is Cc1cc(C)c(/C=C/CN)c(O)c1Cl. The van der Waals surface area contributed by atoms with Crippen molar-refractivity contribution in [3.05, 3.63) is 33.9 Å². The van der Waals surface area contributed by atoms with Gasteiger partial charge in [-0.1, -0.05) is 29.8 Å². The molecule has 0 amide bonds. The number of hydrogen-bond donors (Lipinski definition) is 2. The van der Waals surface area contributed by atoms with Crippen molar-refractivity contribution in [2.75, 3.05) is 6.54 Å². The van der Waals surface area contributed by atoms with Gasteiger partial charge >= 0.3 is 0 Å². The van der Waals surface area contributed by atoms with Gasteiger partial charge in [0.2, 0.25) is 0 Å². The van der Waals surface area contributed by atoms with E-state index in [4.69, 9.17) is 17.3 Å². The second-order valence-corrected chi connectivity index (χ2v) is 3.60. The molecule has 3 heteroatoms. The minimum Gasteiger partial charge on any atom is -0.506 e. The van der Waals surface area contributed by atoms with Crippen LogP contribution in [0.5, 0.6) is 5.75 Å². The molecule has 1 aromatic rings. The highest BCUT2D eigenvalue weighted by Gasteiger charge is 2.09. The summed E-state index contributed by atoms with van der Waals surface area (Å²) in [7, 11) is 0. The lowest BCUT2D eigenvalue weighted by Crippen LogP contribution is -1.93. The molecule has 0 atom stereocenters. The zero-order chi connectivity index (χ0) is 10.7. The van der Waals surface area contributed by atoms with Gasteiger partial charge in [0, 0.05) is 12.1 Å². The second kappa shape index (κ2) is 4.49. The van der Waals surface area contributed by atoms with Crippen LogP contribution in [0.3, 0.4) is 0 Å². The second-order valence-electron chi connectivity index (χ2n) is 3.22. The van der Waals surface area contributed by atoms with Crippen molar-refractivity contribution in [3.63, 3.8) is 0 Å². The molecule has 3 N–H and O–H groups in total. The van der Waals surface area contributed by atoms with E-state index in [1.165, 1.54) is 0 Å². The molecule has 0 aliphatic rings. The van der Waals surface area contributed by atoms with Crippen molar-refractivity contribution in [1.82, 2.24) is 0 Å². The summed E-state index contributed by atoms with van der Waals surface area (Å²) in [4.78, 5) is 0. The first-order valence-electron chi connectivity index (χ1n) is 4.43. The fourth-order valence-corrected chi connectivity index (χ4v) is 1.51. The lowest BCUT2D eigenvalue weighted by Gasteiger charge is -2.08. The molecule has 0 aliphatic carbocycles. The Balaban J connectivity index is 3.29. The third-order valence-corrected chi connectivity index (χ3v) is 2.56. The maximum Gasteiger partial charge on any atom is 0.141 e. The van der Waals surface area contributed by atoms with E-state index in [9.17, 15) is 5.11 Å². The highest BCUT2D eigenvalue weighted by Crippen LogP contribution is 2.33. The van der Waals surface area contributed by atoms with Crippen molar-refractivity contribution < 1.29 is 5.11 Å². The Bertz CT molecular complexity index is 372. The molecule has 0 radical (unpaired) electrons. The summed E-state index contributed by atoms with van der Waals surface area (Å²) in [5, 5.41) is 10.2. The zero-order valence-corrected chi connectivity index (χ0v) is 9.10. The van der Waals surface area contributed by atoms with E-state index >= 15 is 0 Å². The molecule has 1 aromatic carbocycles. The van der Waals surface area contributed by atoms with Gasteiger partial charge in [0.15, 0.2) is 0 Å². The normalized spacial score (nSPS) is 11.1. The Morgan fingerprint density at radius 3 is 2.64 bits per heavy atom. The molecule has 76 valence electrons. The highest BCUT2D eigenvalue weighted by molar-refractivity contribution is 6.33. The van der Waals surface area contributed by atoms with E-state index in [1.807, 2.05) is 19.9 Å². The number of nitrogens with two attached hydrogens (primary N) is 1. The minimum absolute atomic E-state index is 0.133. The molecule has 0 aromatic heterocycles. The summed E-state index contributed by atoms with van der Waals surface area (Å²) in [6.07, 6.45) is 3.57. The number of aromatic hydroxyl groups is 1. The molecule has 0 fully saturated rings. The first-order chi connectivity index (χ1) is 6.57. The van der Waals surface area contributed by atoms with Crippen molar-refractivity contribution in [2.24, 2.45) is 5.73 Å². The lowest BCUT2D eigenvalue weighted by atomic mass is 10.0. The first-order valence-corrected chi connectivity index (χ1v) is 4.81. The van der Waals surface area contributed by atoms with E-state index in [-0.39, 0.29) is 5.75 Å². The highest BCUT2D eigenvalue weighted by atomic mass is 35.5. The number of rotatable bonds is 2. The Kier molecular flexibility index (Phi) is 3.55. The standard InChI is InChI=1S/C11H14ClNO/c1-7-6-8(2)10(12)11(14)9(7)4-3-5-13/h3-4,6,14H,5,13H2,1-2H3/b4-3+. The van der Waals surface area contributed by atoms with Crippen molar-refractivity contribution >= 4 is 17.7 Å². The van der Waals surface area contributed by atoms with Gasteiger partial charge < -0.3 is 10.8 Å². The van der Waals surface area contributed by atoms with Crippen LogP contribution in [0.25, 0.3) is 6.08 Å². The molecule has 0 spiro atoms. The first kappa shape index (κ1) is 11.1. The van der Waals surface area contributed by atoms with Gasteiger partial charge in [-0.3, -0.25) is 0 Å². The van der Waals surface area contributed by atoms with Gasteiger partial charge in [-0.2, -0.15) is 0 Å². The number of benzene rings is 1. The number of phenols is 1. The summed E-state index contributed by atoms with van der Waals surface area (Å²) >= 11 is 5.92. The molecule has 14 heavy (non-hydrogen) atoms. The molecule has 0 bridgehead atoms. The van der Waals surface area contributed by atoms with E-state index in [2.05, 4.69) is 0 Å². The summed E-state index contributed by atoms with van der Waals surface area (Å²) in [5.41, 5.74) is 7.96. The van der Waals surface area contributed by atoms with E-state index in [0.29, 0.717) is 11.6 Å². The number of phenolic OH excluding ortho intramolecular Hbond substituents is 1. The fraction of sp³-hybridized carbons (Fsp3) is 0.273.